The summed E-state index contributed by atoms with van der Waals surface area (Å²) in [5.41, 5.74) is 9.01. The van der Waals surface area contributed by atoms with Crippen molar-refractivity contribution in [2.45, 2.75) is 19.4 Å². The first-order valence-corrected chi connectivity index (χ1v) is 6.55. The molecule has 104 valence electrons. The van der Waals surface area contributed by atoms with Gasteiger partial charge < -0.3 is 20.7 Å². The number of carbonyl (C=O) groups is 1. The number of carbonyl (C=O) groups excluding carboxylic acids is 1. The summed E-state index contributed by atoms with van der Waals surface area (Å²) in [6.07, 6.45) is 0.900. The van der Waals surface area contributed by atoms with Gasteiger partial charge in [-0.05, 0) is 25.5 Å². The van der Waals surface area contributed by atoms with Gasteiger partial charge in [0.05, 0.1) is 6.61 Å². The number of nitrogens with zero attached hydrogens (tertiary/aromatic N) is 1. The molecule has 1 aromatic carbocycles. The van der Waals surface area contributed by atoms with Gasteiger partial charge in [0.1, 0.15) is 6.04 Å². The Labute approximate surface area is 113 Å². The Morgan fingerprint density at radius 2 is 2.37 bits per heavy atom. The van der Waals surface area contributed by atoms with Crippen LogP contribution in [0.25, 0.3) is 0 Å². The second-order valence-electron chi connectivity index (χ2n) is 4.75. The number of nitrogens with one attached hydrogen (secondary N) is 1. The SMILES string of the molecule is COCCNC(=O)C(C)N1CCc2c(N)cccc21. The predicted molar refractivity (Wildman–Crippen MR) is 76.3 cm³/mol. The molecule has 5 nitrogen and oxygen atoms in total. The van der Waals surface area contributed by atoms with E-state index in [0.29, 0.717) is 13.2 Å². The van der Waals surface area contributed by atoms with Gasteiger partial charge in [-0.25, -0.2) is 0 Å². The molecule has 0 bridgehead atoms. The zero-order valence-electron chi connectivity index (χ0n) is 11.5. The first-order valence-electron chi connectivity index (χ1n) is 6.55. The Balaban J connectivity index is 2.04. The Bertz CT molecular complexity index is 462. The van der Waals surface area contributed by atoms with Gasteiger partial charge in [0.15, 0.2) is 0 Å². The number of ether oxygens (including phenoxy) is 1. The Morgan fingerprint density at radius 3 is 3.11 bits per heavy atom. The predicted octanol–water partition coefficient (Wildman–Crippen LogP) is 0.782. The van der Waals surface area contributed by atoms with Crippen molar-refractivity contribution in [2.75, 3.05) is 37.4 Å². The zero-order valence-corrected chi connectivity index (χ0v) is 11.5. The van der Waals surface area contributed by atoms with Gasteiger partial charge in [-0.2, -0.15) is 0 Å². The average Bonchev–Trinajstić information content (AvgIpc) is 2.83. The highest BCUT2D eigenvalue weighted by molar-refractivity contribution is 5.86. The fourth-order valence-corrected chi connectivity index (χ4v) is 2.45. The number of rotatable bonds is 5. The molecule has 2 rings (SSSR count). The molecule has 0 radical (unpaired) electrons. The number of benzene rings is 1. The summed E-state index contributed by atoms with van der Waals surface area (Å²) in [5, 5.41) is 2.87. The second kappa shape index (κ2) is 5.93. The molecule has 1 aliphatic rings. The van der Waals surface area contributed by atoms with Crippen molar-refractivity contribution >= 4 is 17.3 Å². The smallest absolute Gasteiger partial charge is 0.242 e. The van der Waals surface area contributed by atoms with E-state index in [-0.39, 0.29) is 11.9 Å². The number of nitrogens with two attached hydrogens (primary N) is 1. The van der Waals surface area contributed by atoms with Crippen molar-refractivity contribution in [1.29, 1.82) is 0 Å². The van der Waals surface area contributed by atoms with Crippen LogP contribution in [0.15, 0.2) is 18.2 Å². The molecule has 1 amide bonds. The summed E-state index contributed by atoms with van der Waals surface area (Å²) < 4.78 is 4.92. The lowest BCUT2D eigenvalue weighted by molar-refractivity contribution is -0.122. The van der Waals surface area contributed by atoms with E-state index in [1.54, 1.807) is 7.11 Å². The van der Waals surface area contributed by atoms with E-state index < -0.39 is 0 Å². The molecule has 0 saturated carbocycles. The largest absolute Gasteiger partial charge is 0.398 e. The Kier molecular flexibility index (Phi) is 4.27. The molecule has 1 aromatic rings. The fourth-order valence-electron chi connectivity index (χ4n) is 2.45. The summed E-state index contributed by atoms with van der Waals surface area (Å²) in [6.45, 7) is 3.82. The molecule has 0 spiro atoms. The standard InChI is InChI=1S/C14H21N3O2/c1-10(14(18)16-7-9-19-2)17-8-6-11-12(15)4-3-5-13(11)17/h3-5,10H,6-9,15H2,1-2H3,(H,16,18). The first kappa shape index (κ1) is 13.7. The highest BCUT2D eigenvalue weighted by Gasteiger charge is 2.28. The quantitative estimate of drug-likeness (QED) is 0.608. The number of nitrogen functional groups attached to an aromatic ring is 1. The van der Waals surface area contributed by atoms with Crippen molar-refractivity contribution in [2.24, 2.45) is 0 Å². The molecule has 1 unspecified atom stereocenters. The molecule has 0 fully saturated rings. The summed E-state index contributed by atoms with van der Waals surface area (Å²) >= 11 is 0. The molecule has 5 heteroatoms. The number of hydrogen-bond acceptors (Lipinski definition) is 4. The van der Waals surface area contributed by atoms with E-state index in [2.05, 4.69) is 10.2 Å². The van der Waals surface area contributed by atoms with Crippen LogP contribution in [0.2, 0.25) is 0 Å². The summed E-state index contributed by atoms with van der Waals surface area (Å²) in [5.74, 6) is 0.0207. The van der Waals surface area contributed by atoms with Crippen LogP contribution in [-0.2, 0) is 16.0 Å². The molecule has 3 N–H and O–H groups in total. The number of hydrogen-bond donors (Lipinski definition) is 2. The van der Waals surface area contributed by atoms with Gasteiger partial charge in [0.2, 0.25) is 5.91 Å². The number of anilines is 2. The van der Waals surface area contributed by atoms with E-state index in [1.807, 2.05) is 25.1 Å². The maximum atomic E-state index is 12.1. The zero-order chi connectivity index (χ0) is 13.8. The van der Waals surface area contributed by atoms with Gasteiger partial charge in [0, 0.05) is 37.1 Å². The van der Waals surface area contributed by atoms with E-state index >= 15 is 0 Å². The fraction of sp³-hybridized carbons (Fsp3) is 0.500. The van der Waals surface area contributed by atoms with Crippen molar-refractivity contribution < 1.29 is 9.53 Å². The third-order valence-electron chi connectivity index (χ3n) is 3.55. The van der Waals surface area contributed by atoms with E-state index in [0.717, 1.165) is 29.9 Å². The van der Waals surface area contributed by atoms with Crippen LogP contribution in [0.3, 0.4) is 0 Å². The van der Waals surface area contributed by atoms with Gasteiger partial charge >= 0.3 is 0 Å². The molecule has 1 atom stereocenters. The third-order valence-corrected chi connectivity index (χ3v) is 3.55. The van der Waals surface area contributed by atoms with E-state index in [1.165, 1.54) is 0 Å². The van der Waals surface area contributed by atoms with Crippen molar-refractivity contribution in [3.63, 3.8) is 0 Å². The lowest BCUT2D eigenvalue weighted by atomic mass is 10.1. The van der Waals surface area contributed by atoms with Crippen LogP contribution in [0, 0.1) is 0 Å². The topological polar surface area (TPSA) is 67.6 Å². The second-order valence-corrected chi connectivity index (χ2v) is 4.75. The molecule has 1 heterocycles. The molecule has 0 aromatic heterocycles. The minimum atomic E-state index is -0.195. The van der Waals surface area contributed by atoms with Crippen LogP contribution in [0.5, 0.6) is 0 Å². The maximum Gasteiger partial charge on any atom is 0.242 e. The van der Waals surface area contributed by atoms with Crippen LogP contribution in [0.1, 0.15) is 12.5 Å². The summed E-state index contributed by atoms with van der Waals surface area (Å²) in [6, 6.07) is 5.67. The van der Waals surface area contributed by atoms with Crippen LogP contribution in [0.4, 0.5) is 11.4 Å². The van der Waals surface area contributed by atoms with Crippen LogP contribution in [-0.4, -0.2) is 38.8 Å². The Hall–Kier alpha value is -1.75. The summed E-state index contributed by atoms with van der Waals surface area (Å²) in [7, 11) is 1.62. The minimum absolute atomic E-state index is 0.0207. The van der Waals surface area contributed by atoms with Gasteiger partial charge in [-0.1, -0.05) is 6.07 Å². The van der Waals surface area contributed by atoms with Gasteiger partial charge in [-0.15, -0.1) is 0 Å². The third kappa shape index (κ3) is 2.81. The number of fused-ring (bicyclic) bond motifs is 1. The lowest BCUT2D eigenvalue weighted by Gasteiger charge is -2.26. The normalized spacial score (nSPS) is 15.2. The van der Waals surface area contributed by atoms with Gasteiger partial charge in [0.25, 0.3) is 0 Å². The number of amides is 1. The van der Waals surface area contributed by atoms with E-state index in [4.69, 9.17) is 10.5 Å². The molecular weight excluding hydrogens is 242 g/mol. The molecule has 1 aliphatic heterocycles. The van der Waals surface area contributed by atoms with Crippen molar-refractivity contribution in [3.8, 4) is 0 Å². The first-order chi connectivity index (χ1) is 9.15. The maximum absolute atomic E-state index is 12.1. The highest BCUT2D eigenvalue weighted by Crippen LogP contribution is 2.33. The molecular formula is C14H21N3O2. The van der Waals surface area contributed by atoms with Crippen LogP contribution < -0.4 is 16.0 Å². The van der Waals surface area contributed by atoms with Crippen molar-refractivity contribution in [3.05, 3.63) is 23.8 Å². The Morgan fingerprint density at radius 1 is 1.58 bits per heavy atom. The molecule has 0 aliphatic carbocycles. The monoisotopic (exact) mass is 263 g/mol. The molecule has 0 saturated heterocycles. The minimum Gasteiger partial charge on any atom is -0.398 e. The molecule has 19 heavy (non-hydrogen) atoms. The van der Waals surface area contributed by atoms with Crippen LogP contribution >= 0.6 is 0 Å². The van der Waals surface area contributed by atoms with Crippen molar-refractivity contribution in [1.82, 2.24) is 5.32 Å². The average molecular weight is 263 g/mol. The van der Waals surface area contributed by atoms with E-state index in [9.17, 15) is 4.79 Å². The van der Waals surface area contributed by atoms with Gasteiger partial charge in [-0.3, -0.25) is 4.79 Å². The number of methoxy groups -OCH3 is 1. The summed E-state index contributed by atoms with van der Waals surface area (Å²) in [4.78, 5) is 14.2. The highest BCUT2D eigenvalue weighted by atomic mass is 16.5. The lowest BCUT2D eigenvalue weighted by Crippen LogP contribution is -2.45.